The Morgan fingerprint density at radius 3 is 2.94 bits per heavy atom. The van der Waals surface area contributed by atoms with Gasteiger partial charge in [-0.05, 0) is 45.4 Å². The Hall–Kier alpha value is -0.220. The van der Waals surface area contributed by atoms with E-state index in [4.69, 9.17) is 4.74 Å². The van der Waals surface area contributed by atoms with Gasteiger partial charge in [0.1, 0.15) is 0 Å². The van der Waals surface area contributed by atoms with E-state index < -0.39 is 0 Å². The monoisotopic (exact) mass is 273 g/mol. The van der Waals surface area contributed by atoms with E-state index in [1.165, 1.54) is 12.8 Å². The molecule has 1 rings (SSSR count). The Balaban J connectivity index is 2.24. The standard InChI is InChI=1S/C14H27NO2S/c1-4-17-14(16)12-6-5-7-13(10-12)15-9-8-11(2)18-3/h11-13,15H,4-10H2,1-3H3. The number of carbonyl (C=O) groups excluding carboxylic acids is 1. The molecule has 1 aliphatic rings. The highest BCUT2D eigenvalue weighted by molar-refractivity contribution is 7.99. The molecule has 18 heavy (non-hydrogen) atoms. The molecule has 3 unspecified atom stereocenters. The summed E-state index contributed by atoms with van der Waals surface area (Å²) in [5.74, 6) is 0.121. The lowest BCUT2D eigenvalue weighted by Gasteiger charge is -2.28. The largest absolute Gasteiger partial charge is 0.466 e. The molecule has 0 heterocycles. The van der Waals surface area contributed by atoms with Crippen molar-refractivity contribution in [2.75, 3.05) is 19.4 Å². The number of esters is 1. The Bertz CT molecular complexity index is 248. The molecule has 3 nitrogen and oxygen atoms in total. The van der Waals surface area contributed by atoms with Crippen LogP contribution in [-0.2, 0) is 9.53 Å². The lowest BCUT2D eigenvalue weighted by atomic mass is 9.85. The fraction of sp³-hybridized carbons (Fsp3) is 0.929. The van der Waals surface area contributed by atoms with Crippen molar-refractivity contribution in [2.24, 2.45) is 5.92 Å². The number of thioether (sulfide) groups is 1. The van der Waals surface area contributed by atoms with Gasteiger partial charge in [-0.1, -0.05) is 13.3 Å². The van der Waals surface area contributed by atoms with Gasteiger partial charge in [-0.2, -0.15) is 11.8 Å². The van der Waals surface area contributed by atoms with Crippen LogP contribution in [0.25, 0.3) is 0 Å². The quantitative estimate of drug-likeness (QED) is 0.724. The topological polar surface area (TPSA) is 38.3 Å². The van der Waals surface area contributed by atoms with Gasteiger partial charge in [-0.3, -0.25) is 4.79 Å². The van der Waals surface area contributed by atoms with Crippen molar-refractivity contribution in [3.63, 3.8) is 0 Å². The molecule has 0 aliphatic heterocycles. The first-order chi connectivity index (χ1) is 8.67. The molecule has 0 aromatic carbocycles. The average molecular weight is 273 g/mol. The molecule has 0 aromatic heterocycles. The van der Waals surface area contributed by atoms with Crippen LogP contribution in [0.5, 0.6) is 0 Å². The summed E-state index contributed by atoms with van der Waals surface area (Å²) in [6, 6.07) is 0.502. The maximum atomic E-state index is 11.7. The zero-order valence-electron chi connectivity index (χ0n) is 11.9. The second-order valence-electron chi connectivity index (χ2n) is 5.10. The first-order valence-electron chi connectivity index (χ1n) is 7.10. The fourth-order valence-electron chi connectivity index (χ4n) is 2.46. The summed E-state index contributed by atoms with van der Waals surface area (Å²) in [6.45, 7) is 5.69. The molecule has 0 saturated heterocycles. The van der Waals surface area contributed by atoms with Crippen LogP contribution in [0.15, 0.2) is 0 Å². The molecule has 0 amide bonds. The van der Waals surface area contributed by atoms with Crippen molar-refractivity contribution >= 4 is 17.7 Å². The lowest BCUT2D eigenvalue weighted by molar-refractivity contribution is -0.149. The van der Waals surface area contributed by atoms with E-state index in [1.807, 2.05) is 18.7 Å². The molecular weight excluding hydrogens is 246 g/mol. The number of rotatable bonds is 7. The summed E-state index contributed by atoms with van der Waals surface area (Å²) >= 11 is 1.91. The first-order valence-corrected chi connectivity index (χ1v) is 8.39. The van der Waals surface area contributed by atoms with Crippen LogP contribution >= 0.6 is 11.8 Å². The number of hydrogen-bond acceptors (Lipinski definition) is 4. The first kappa shape index (κ1) is 15.8. The van der Waals surface area contributed by atoms with E-state index in [1.54, 1.807) is 0 Å². The van der Waals surface area contributed by atoms with Crippen LogP contribution in [0.3, 0.4) is 0 Å². The third kappa shape index (κ3) is 5.61. The Morgan fingerprint density at radius 2 is 2.28 bits per heavy atom. The molecular formula is C14H27NO2S. The highest BCUT2D eigenvalue weighted by atomic mass is 32.2. The van der Waals surface area contributed by atoms with Crippen molar-refractivity contribution < 1.29 is 9.53 Å². The predicted octanol–water partition coefficient (Wildman–Crippen LogP) is 2.84. The molecule has 4 heteroatoms. The van der Waals surface area contributed by atoms with Crippen LogP contribution in [0, 0.1) is 5.92 Å². The van der Waals surface area contributed by atoms with Crippen molar-refractivity contribution in [1.82, 2.24) is 5.32 Å². The number of nitrogens with one attached hydrogen (secondary N) is 1. The van der Waals surface area contributed by atoms with Crippen LogP contribution in [0.1, 0.15) is 46.0 Å². The maximum Gasteiger partial charge on any atom is 0.308 e. The van der Waals surface area contributed by atoms with E-state index in [-0.39, 0.29) is 11.9 Å². The molecule has 1 N–H and O–H groups in total. The molecule has 1 aliphatic carbocycles. The summed E-state index contributed by atoms with van der Waals surface area (Å²) in [6.07, 6.45) is 7.64. The maximum absolute atomic E-state index is 11.7. The summed E-state index contributed by atoms with van der Waals surface area (Å²) in [4.78, 5) is 11.7. The fourth-order valence-corrected chi connectivity index (χ4v) is 2.81. The normalized spacial score (nSPS) is 25.7. The van der Waals surface area contributed by atoms with Gasteiger partial charge < -0.3 is 10.1 Å². The molecule has 0 aromatic rings. The van der Waals surface area contributed by atoms with Gasteiger partial charge in [0.05, 0.1) is 12.5 Å². The minimum absolute atomic E-state index is 0.00137. The van der Waals surface area contributed by atoms with Crippen LogP contribution in [-0.4, -0.2) is 36.7 Å². The number of hydrogen-bond donors (Lipinski definition) is 1. The third-order valence-electron chi connectivity index (χ3n) is 3.68. The van der Waals surface area contributed by atoms with Crippen LogP contribution in [0.2, 0.25) is 0 Å². The lowest BCUT2D eigenvalue weighted by Crippen LogP contribution is -2.37. The van der Waals surface area contributed by atoms with Gasteiger partial charge in [0.25, 0.3) is 0 Å². The van der Waals surface area contributed by atoms with E-state index in [2.05, 4.69) is 18.5 Å². The summed E-state index contributed by atoms with van der Waals surface area (Å²) < 4.78 is 5.12. The van der Waals surface area contributed by atoms with Gasteiger partial charge in [0, 0.05) is 11.3 Å². The van der Waals surface area contributed by atoms with Crippen LogP contribution < -0.4 is 5.32 Å². The van der Waals surface area contributed by atoms with E-state index in [0.717, 1.165) is 25.8 Å². The highest BCUT2D eigenvalue weighted by Crippen LogP contribution is 2.25. The minimum atomic E-state index is 0.00137. The van der Waals surface area contributed by atoms with E-state index in [9.17, 15) is 4.79 Å². The minimum Gasteiger partial charge on any atom is -0.466 e. The molecule has 3 atom stereocenters. The predicted molar refractivity (Wildman–Crippen MR) is 78.0 cm³/mol. The summed E-state index contributed by atoms with van der Waals surface area (Å²) in [5, 5.41) is 4.30. The summed E-state index contributed by atoms with van der Waals surface area (Å²) in [5.41, 5.74) is 0. The molecule has 0 bridgehead atoms. The average Bonchev–Trinajstić information content (AvgIpc) is 2.39. The smallest absolute Gasteiger partial charge is 0.308 e. The van der Waals surface area contributed by atoms with Gasteiger partial charge in [0.2, 0.25) is 0 Å². The van der Waals surface area contributed by atoms with E-state index in [0.29, 0.717) is 17.9 Å². The zero-order chi connectivity index (χ0) is 13.4. The molecule has 1 fully saturated rings. The Morgan fingerprint density at radius 1 is 1.50 bits per heavy atom. The molecule has 0 spiro atoms. The van der Waals surface area contributed by atoms with Crippen molar-refractivity contribution in [3.05, 3.63) is 0 Å². The van der Waals surface area contributed by atoms with Gasteiger partial charge in [-0.15, -0.1) is 0 Å². The SMILES string of the molecule is CCOC(=O)C1CCCC(NCCC(C)SC)C1. The van der Waals surface area contributed by atoms with Gasteiger partial charge in [-0.25, -0.2) is 0 Å². The van der Waals surface area contributed by atoms with Gasteiger partial charge >= 0.3 is 5.97 Å². The third-order valence-corrected chi connectivity index (χ3v) is 4.72. The Labute approximate surface area is 115 Å². The van der Waals surface area contributed by atoms with Crippen LogP contribution in [0.4, 0.5) is 0 Å². The van der Waals surface area contributed by atoms with Crippen molar-refractivity contribution in [1.29, 1.82) is 0 Å². The molecule has 106 valence electrons. The van der Waals surface area contributed by atoms with E-state index >= 15 is 0 Å². The molecule has 0 radical (unpaired) electrons. The molecule has 1 saturated carbocycles. The van der Waals surface area contributed by atoms with Gasteiger partial charge in [0.15, 0.2) is 0 Å². The number of ether oxygens (including phenoxy) is 1. The number of carbonyl (C=O) groups is 1. The van der Waals surface area contributed by atoms with Crippen molar-refractivity contribution in [2.45, 2.75) is 57.2 Å². The van der Waals surface area contributed by atoms with Crippen molar-refractivity contribution in [3.8, 4) is 0 Å². The second kappa shape index (κ2) is 8.81. The second-order valence-corrected chi connectivity index (χ2v) is 6.38. The Kier molecular flexibility index (Phi) is 7.75. The zero-order valence-corrected chi connectivity index (χ0v) is 12.7. The summed E-state index contributed by atoms with van der Waals surface area (Å²) in [7, 11) is 0. The highest BCUT2D eigenvalue weighted by Gasteiger charge is 2.27.